The van der Waals surface area contributed by atoms with Crippen molar-refractivity contribution < 1.29 is 14.6 Å². The van der Waals surface area contributed by atoms with Gasteiger partial charge in [0, 0.05) is 18.8 Å². The van der Waals surface area contributed by atoms with E-state index in [1.165, 1.54) is 24.2 Å². The first-order chi connectivity index (χ1) is 15.1. The highest BCUT2D eigenvalue weighted by atomic mass is 16.5. The van der Waals surface area contributed by atoms with Gasteiger partial charge in [-0.3, -0.25) is 5.10 Å². The van der Waals surface area contributed by atoms with E-state index in [1.807, 2.05) is 48.5 Å². The zero-order valence-corrected chi connectivity index (χ0v) is 17.3. The summed E-state index contributed by atoms with van der Waals surface area (Å²) >= 11 is 0. The summed E-state index contributed by atoms with van der Waals surface area (Å²) in [7, 11) is 0. The third-order valence-corrected chi connectivity index (χ3v) is 4.75. The molecular formula is C23H25N5O3. The van der Waals surface area contributed by atoms with Gasteiger partial charge in [-0.25, -0.2) is 9.78 Å². The highest BCUT2D eigenvalue weighted by Gasteiger charge is 2.13. The Balaban J connectivity index is 0.000000710. The molecule has 0 unspecified atom stereocenters. The van der Waals surface area contributed by atoms with Crippen molar-refractivity contribution in [2.45, 2.75) is 32.7 Å². The number of H-pyrrole nitrogens is 2. The molecule has 0 bridgehead atoms. The first-order valence-electron chi connectivity index (χ1n) is 10.4. The number of aromatic amines is 2. The molecule has 0 aliphatic heterocycles. The SMILES string of the molecule is C1CC1.CCN(Cc1nc2ccc(Oc3ccc(-c4ccn[nH]4)cc3)cc2[nH]1)C(=O)O. The first kappa shape index (κ1) is 20.5. The van der Waals surface area contributed by atoms with Crippen LogP contribution < -0.4 is 4.74 Å². The monoisotopic (exact) mass is 419 g/mol. The minimum Gasteiger partial charge on any atom is -0.465 e. The molecule has 0 saturated heterocycles. The van der Waals surface area contributed by atoms with Gasteiger partial charge in [0.15, 0.2) is 0 Å². The van der Waals surface area contributed by atoms with Crippen LogP contribution in [0, 0.1) is 0 Å². The lowest BCUT2D eigenvalue weighted by Gasteiger charge is -2.14. The van der Waals surface area contributed by atoms with Gasteiger partial charge in [-0.2, -0.15) is 5.10 Å². The van der Waals surface area contributed by atoms with Gasteiger partial charge < -0.3 is 19.7 Å². The van der Waals surface area contributed by atoms with Crippen LogP contribution >= 0.6 is 0 Å². The van der Waals surface area contributed by atoms with E-state index in [9.17, 15) is 4.79 Å². The van der Waals surface area contributed by atoms with Crippen LogP contribution in [0.2, 0.25) is 0 Å². The number of amides is 1. The molecule has 8 nitrogen and oxygen atoms in total. The second-order valence-electron chi connectivity index (χ2n) is 7.32. The summed E-state index contributed by atoms with van der Waals surface area (Å²) in [6.45, 7) is 2.40. The molecule has 31 heavy (non-hydrogen) atoms. The molecule has 1 saturated carbocycles. The normalized spacial score (nSPS) is 12.2. The Morgan fingerprint density at radius 3 is 2.45 bits per heavy atom. The van der Waals surface area contributed by atoms with Crippen LogP contribution in [0.25, 0.3) is 22.3 Å². The van der Waals surface area contributed by atoms with E-state index in [4.69, 9.17) is 9.84 Å². The van der Waals surface area contributed by atoms with E-state index in [2.05, 4.69) is 20.2 Å². The van der Waals surface area contributed by atoms with Crippen LogP contribution in [-0.2, 0) is 6.54 Å². The van der Waals surface area contributed by atoms with Crippen molar-refractivity contribution in [2.24, 2.45) is 0 Å². The van der Waals surface area contributed by atoms with Crippen LogP contribution in [0.5, 0.6) is 11.5 Å². The maximum Gasteiger partial charge on any atom is 0.407 e. The summed E-state index contributed by atoms with van der Waals surface area (Å²) in [6, 6.07) is 15.2. The molecule has 1 aliphatic rings. The fourth-order valence-electron chi connectivity index (χ4n) is 2.93. The minimum atomic E-state index is -0.967. The lowest BCUT2D eigenvalue weighted by Crippen LogP contribution is -2.28. The molecule has 3 N–H and O–H groups in total. The molecule has 0 radical (unpaired) electrons. The molecule has 1 fully saturated rings. The topological polar surface area (TPSA) is 107 Å². The van der Waals surface area contributed by atoms with Crippen LogP contribution in [0.3, 0.4) is 0 Å². The van der Waals surface area contributed by atoms with E-state index < -0.39 is 6.09 Å². The Hall–Kier alpha value is -3.81. The fourth-order valence-corrected chi connectivity index (χ4v) is 2.93. The number of hydrogen-bond acceptors (Lipinski definition) is 4. The molecule has 0 spiro atoms. The number of benzene rings is 2. The van der Waals surface area contributed by atoms with Crippen molar-refractivity contribution >= 4 is 17.1 Å². The van der Waals surface area contributed by atoms with Crippen molar-refractivity contribution in [3.05, 3.63) is 60.6 Å². The van der Waals surface area contributed by atoms with Crippen molar-refractivity contribution in [2.75, 3.05) is 6.54 Å². The van der Waals surface area contributed by atoms with E-state index in [0.717, 1.165) is 22.3 Å². The van der Waals surface area contributed by atoms with Crippen molar-refractivity contribution in [1.82, 2.24) is 25.1 Å². The van der Waals surface area contributed by atoms with Crippen LogP contribution in [0.1, 0.15) is 32.0 Å². The standard InChI is InChI=1S/C20H19N5O3.C3H6/c1-2-25(20(26)27)12-19-22-17-8-7-15(11-18(17)23-19)28-14-5-3-13(4-6-14)16-9-10-21-24-16;1-2-3-1/h3-11H,2,12H2,1H3,(H,21,24)(H,22,23)(H,26,27);1-3H2. The Kier molecular flexibility index (Phi) is 6.16. The van der Waals surface area contributed by atoms with Gasteiger partial charge in [0.1, 0.15) is 17.3 Å². The molecule has 160 valence electrons. The number of imidazole rings is 1. The molecule has 1 aliphatic carbocycles. The average molecular weight is 419 g/mol. The molecule has 1 amide bonds. The van der Waals surface area contributed by atoms with Crippen LogP contribution in [0.15, 0.2) is 54.7 Å². The number of carboxylic acid groups (broad SMARTS) is 1. The molecule has 0 atom stereocenters. The van der Waals surface area contributed by atoms with Gasteiger partial charge in [0.05, 0.1) is 23.3 Å². The first-order valence-corrected chi connectivity index (χ1v) is 10.4. The Labute approximate surface area is 179 Å². The number of nitrogens with one attached hydrogen (secondary N) is 2. The Morgan fingerprint density at radius 1 is 1.10 bits per heavy atom. The smallest absolute Gasteiger partial charge is 0.407 e. The van der Waals surface area contributed by atoms with Crippen molar-refractivity contribution in [3.63, 3.8) is 0 Å². The lowest BCUT2D eigenvalue weighted by molar-refractivity contribution is 0.144. The second-order valence-corrected chi connectivity index (χ2v) is 7.32. The molecule has 2 aromatic heterocycles. The molecule has 4 aromatic rings. The summed E-state index contributed by atoms with van der Waals surface area (Å²) in [5, 5.41) is 16.0. The van der Waals surface area contributed by atoms with Gasteiger partial charge in [-0.15, -0.1) is 0 Å². The maximum absolute atomic E-state index is 11.2. The van der Waals surface area contributed by atoms with Gasteiger partial charge in [0.2, 0.25) is 0 Å². The Morgan fingerprint density at radius 2 is 1.84 bits per heavy atom. The van der Waals surface area contributed by atoms with Gasteiger partial charge in [0.25, 0.3) is 0 Å². The van der Waals surface area contributed by atoms with E-state index in [0.29, 0.717) is 23.9 Å². The lowest BCUT2D eigenvalue weighted by atomic mass is 10.1. The minimum absolute atomic E-state index is 0.214. The molecular weight excluding hydrogens is 394 g/mol. The number of hydrogen-bond donors (Lipinski definition) is 3. The molecule has 8 heteroatoms. The molecule has 5 rings (SSSR count). The van der Waals surface area contributed by atoms with Crippen LogP contribution in [0.4, 0.5) is 4.79 Å². The summed E-state index contributed by atoms with van der Waals surface area (Å²) in [5.41, 5.74) is 3.53. The largest absolute Gasteiger partial charge is 0.465 e. The summed E-state index contributed by atoms with van der Waals surface area (Å²) < 4.78 is 5.93. The zero-order valence-electron chi connectivity index (χ0n) is 17.3. The average Bonchev–Trinajstić information content (AvgIpc) is 3.45. The number of rotatable bonds is 6. The van der Waals surface area contributed by atoms with Crippen molar-refractivity contribution in [1.29, 1.82) is 0 Å². The summed E-state index contributed by atoms with van der Waals surface area (Å²) in [5.74, 6) is 1.98. The predicted octanol–water partition coefficient (Wildman–Crippen LogP) is 5.42. The molecule has 2 heterocycles. The maximum atomic E-state index is 11.2. The predicted molar refractivity (Wildman–Crippen MR) is 118 cm³/mol. The fraction of sp³-hybridized carbons (Fsp3) is 0.261. The van der Waals surface area contributed by atoms with Gasteiger partial charge in [-0.1, -0.05) is 19.3 Å². The number of aromatic nitrogens is 4. The third kappa shape index (κ3) is 5.42. The van der Waals surface area contributed by atoms with Gasteiger partial charge >= 0.3 is 6.09 Å². The highest BCUT2D eigenvalue weighted by molar-refractivity contribution is 5.77. The second kappa shape index (κ2) is 9.34. The van der Waals surface area contributed by atoms with E-state index in [1.54, 1.807) is 13.1 Å². The van der Waals surface area contributed by atoms with E-state index >= 15 is 0 Å². The number of ether oxygens (including phenoxy) is 1. The zero-order chi connectivity index (χ0) is 21.6. The van der Waals surface area contributed by atoms with Crippen molar-refractivity contribution in [3.8, 4) is 22.8 Å². The quantitative estimate of drug-likeness (QED) is 0.387. The summed E-state index contributed by atoms with van der Waals surface area (Å²) in [4.78, 5) is 20.1. The van der Waals surface area contributed by atoms with E-state index in [-0.39, 0.29) is 6.54 Å². The highest BCUT2D eigenvalue weighted by Crippen LogP contribution is 2.27. The third-order valence-electron chi connectivity index (χ3n) is 4.75. The van der Waals surface area contributed by atoms with Gasteiger partial charge in [-0.05, 0) is 55.0 Å². The molecule has 2 aromatic carbocycles. The Bertz CT molecular complexity index is 1130. The summed E-state index contributed by atoms with van der Waals surface area (Å²) in [6.07, 6.45) is 5.25. The number of nitrogens with zero attached hydrogens (tertiary/aromatic N) is 3. The van der Waals surface area contributed by atoms with Crippen LogP contribution in [-0.4, -0.2) is 42.8 Å². The number of fused-ring (bicyclic) bond motifs is 1. The number of carbonyl (C=O) groups is 1.